The Hall–Kier alpha value is -5.47. The summed E-state index contributed by atoms with van der Waals surface area (Å²) in [4.78, 5) is 34.9. The van der Waals surface area contributed by atoms with Gasteiger partial charge >= 0.3 is 5.69 Å². The van der Waals surface area contributed by atoms with E-state index in [1.54, 1.807) is 39.5 Å². The molecule has 3 saturated heterocycles. The second kappa shape index (κ2) is 14.9. The normalized spacial score (nSPS) is 22.0. The molecule has 0 aliphatic carbocycles. The summed E-state index contributed by atoms with van der Waals surface area (Å²) in [6, 6.07) is 20.8. The molecule has 1 amide bonds. The number of carbonyl (C=O) groups is 1. The number of hydrogen-bond donors (Lipinski definition) is 4. The molecule has 5 aromatic rings. The standard InChI is InChI=1S/C39H45N9O5/c49-34-14-6-3-11-30(34)35(50)18-20-44-24-29-21-28(44)25-47(29)36-15-8-10-26(40-36)22-45-23-27(42-43-45)9-2-1-7-19-46-31-12-4-5-13-32(31)48(39(46)53)33-16-17-37(51)41-38(33)52/h3-6,8,10-15,18,20,23,28-29,33,35,38,49-50,52H,1-2,7,9,16-17,19,21-22,24-25H2,(H,41,51)/b20-18+/t28-,29-,33?,35?,38?/m1/s1. The van der Waals surface area contributed by atoms with Crippen LogP contribution in [0.3, 0.4) is 0 Å². The topological polar surface area (TPSA) is 167 Å². The number of unbranched alkanes of at least 4 members (excludes halogenated alkanes) is 2. The fraction of sp³-hybridized carbons (Fsp3) is 0.410. The Labute approximate surface area is 306 Å². The summed E-state index contributed by atoms with van der Waals surface area (Å²) in [6.45, 7) is 2.78. The minimum Gasteiger partial charge on any atom is -0.508 e. The Morgan fingerprint density at radius 3 is 2.57 bits per heavy atom. The molecule has 2 aromatic carbocycles. The van der Waals surface area contributed by atoms with E-state index in [1.807, 2.05) is 53.5 Å². The molecule has 14 heteroatoms. The SMILES string of the molecule is O=C1CCC(n2c(=O)n(CCCCCc3cn(Cc4cccc(N5C[C@H]6C[C@@H]5CN6/C=C/C(O)c5ccccc5O)n4)nn3)c3ccccc32)C(O)N1. The van der Waals surface area contributed by atoms with Gasteiger partial charge in [0.2, 0.25) is 5.91 Å². The van der Waals surface area contributed by atoms with Crippen molar-refractivity contribution < 1.29 is 20.1 Å². The lowest BCUT2D eigenvalue weighted by Gasteiger charge is -2.34. The molecule has 0 radical (unpaired) electrons. The number of para-hydroxylation sites is 3. The van der Waals surface area contributed by atoms with Crippen molar-refractivity contribution in [3.8, 4) is 5.75 Å². The van der Waals surface area contributed by atoms with Crippen LogP contribution < -0.4 is 15.9 Å². The lowest BCUT2D eigenvalue weighted by atomic mass is 10.0. The van der Waals surface area contributed by atoms with E-state index < -0.39 is 18.4 Å². The average Bonchev–Trinajstić information content (AvgIpc) is 3.95. The number of nitrogens with zero attached hydrogens (tertiary/aromatic N) is 8. The molecule has 8 rings (SSSR count). The van der Waals surface area contributed by atoms with E-state index in [-0.39, 0.29) is 23.8 Å². The summed E-state index contributed by atoms with van der Waals surface area (Å²) < 4.78 is 5.25. The molecule has 14 nitrogen and oxygen atoms in total. The zero-order valence-corrected chi connectivity index (χ0v) is 29.5. The zero-order valence-electron chi connectivity index (χ0n) is 29.5. The summed E-state index contributed by atoms with van der Waals surface area (Å²) in [5, 5.41) is 42.5. The fourth-order valence-electron chi connectivity index (χ4n) is 8.17. The summed E-state index contributed by atoms with van der Waals surface area (Å²) >= 11 is 0. The lowest BCUT2D eigenvalue weighted by molar-refractivity contribution is -0.128. The minimum absolute atomic E-state index is 0.0907. The maximum atomic E-state index is 13.5. The second-order valence-corrected chi connectivity index (χ2v) is 14.4. The molecule has 0 saturated carbocycles. The summed E-state index contributed by atoms with van der Waals surface area (Å²) in [6.07, 6.45) is 8.85. The van der Waals surface area contributed by atoms with Crippen molar-refractivity contribution >= 4 is 22.8 Å². The van der Waals surface area contributed by atoms with Gasteiger partial charge in [-0.05, 0) is 74.7 Å². The van der Waals surface area contributed by atoms with Gasteiger partial charge in [0.05, 0.1) is 35.0 Å². The van der Waals surface area contributed by atoms with E-state index in [9.17, 15) is 24.9 Å². The van der Waals surface area contributed by atoms with Crippen LogP contribution in [0.5, 0.6) is 5.75 Å². The van der Waals surface area contributed by atoms with Gasteiger partial charge in [0.15, 0.2) is 0 Å². The lowest BCUT2D eigenvalue weighted by Crippen LogP contribution is -2.47. The Kier molecular flexibility index (Phi) is 9.71. The number of piperazine rings is 1. The third-order valence-electron chi connectivity index (χ3n) is 10.9. The van der Waals surface area contributed by atoms with Crippen LogP contribution in [-0.2, 0) is 24.3 Å². The number of imidazole rings is 1. The number of fused-ring (bicyclic) bond motifs is 3. The molecule has 5 atom stereocenters. The van der Waals surface area contributed by atoms with E-state index >= 15 is 0 Å². The first kappa shape index (κ1) is 34.6. The van der Waals surface area contributed by atoms with Crippen molar-refractivity contribution in [1.82, 2.24) is 39.3 Å². The Bertz CT molecular complexity index is 2180. The average molecular weight is 720 g/mol. The first-order valence-electron chi connectivity index (χ1n) is 18.5. The molecule has 3 unspecified atom stereocenters. The zero-order chi connectivity index (χ0) is 36.5. The molecule has 53 heavy (non-hydrogen) atoms. The molecule has 2 bridgehead atoms. The van der Waals surface area contributed by atoms with E-state index in [0.717, 1.165) is 73.4 Å². The minimum atomic E-state index is -1.10. The number of benzene rings is 2. The first-order valence-corrected chi connectivity index (χ1v) is 18.5. The van der Waals surface area contributed by atoms with Gasteiger partial charge in [-0.15, -0.1) is 5.10 Å². The number of phenols is 1. The smallest absolute Gasteiger partial charge is 0.329 e. The molecule has 3 aliphatic rings. The number of nitrogens with one attached hydrogen (secondary N) is 1. The molecular formula is C39H45N9O5. The molecule has 4 N–H and O–H groups in total. The number of aryl methyl sites for hydroxylation is 2. The third-order valence-corrected chi connectivity index (χ3v) is 10.9. The highest BCUT2D eigenvalue weighted by atomic mass is 16.3. The number of aliphatic hydroxyl groups excluding tert-OH is 2. The second-order valence-electron chi connectivity index (χ2n) is 14.4. The monoisotopic (exact) mass is 719 g/mol. The molecule has 6 heterocycles. The highest BCUT2D eigenvalue weighted by Crippen LogP contribution is 2.35. The van der Waals surface area contributed by atoms with E-state index in [4.69, 9.17) is 4.98 Å². The molecule has 276 valence electrons. The number of rotatable bonds is 13. The maximum Gasteiger partial charge on any atom is 0.329 e. The third kappa shape index (κ3) is 7.16. The Morgan fingerprint density at radius 1 is 0.925 bits per heavy atom. The number of aromatic hydroxyl groups is 1. The van der Waals surface area contributed by atoms with E-state index in [1.165, 1.54) is 0 Å². The number of piperidine rings is 1. The molecule has 0 spiro atoms. The summed E-state index contributed by atoms with van der Waals surface area (Å²) in [5.41, 5.74) is 3.76. The number of hydrogen-bond acceptors (Lipinski definition) is 10. The van der Waals surface area contributed by atoms with Crippen LogP contribution in [0.1, 0.15) is 67.6 Å². The van der Waals surface area contributed by atoms with Crippen molar-refractivity contribution in [2.75, 3.05) is 18.0 Å². The summed E-state index contributed by atoms with van der Waals surface area (Å²) in [7, 11) is 0. The van der Waals surface area contributed by atoms with Gasteiger partial charge in [-0.1, -0.05) is 48.0 Å². The summed E-state index contributed by atoms with van der Waals surface area (Å²) in [5.74, 6) is 0.843. The van der Waals surface area contributed by atoms with Crippen LogP contribution in [0.15, 0.2) is 90.0 Å². The predicted molar refractivity (Wildman–Crippen MR) is 198 cm³/mol. The molecule has 3 aliphatic heterocycles. The van der Waals surface area contributed by atoms with Crippen LogP contribution in [0.2, 0.25) is 0 Å². The van der Waals surface area contributed by atoms with E-state index in [0.29, 0.717) is 37.2 Å². The van der Waals surface area contributed by atoms with Crippen LogP contribution in [0.4, 0.5) is 5.82 Å². The van der Waals surface area contributed by atoms with Crippen LogP contribution >= 0.6 is 0 Å². The van der Waals surface area contributed by atoms with Gasteiger partial charge < -0.3 is 30.4 Å². The van der Waals surface area contributed by atoms with Crippen LogP contribution in [0, 0.1) is 0 Å². The van der Waals surface area contributed by atoms with Gasteiger partial charge in [-0.25, -0.2) is 14.5 Å². The Morgan fingerprint density at radius 2 is 1.75 bits per heavy atom. The molecule has 3 aromatic heterocycles. The van der Waals surface area contributed by atoms with Crippen molar-refractivity contribution in [1.29, 1.82) is 0 Å². The molecule has 3 fully saturated rings. The van der Waals surface area contributed by atoms with Crippen molar-refractivity contribution in [3.63, 3.8) is 0 Å². The number of aromatic nitrogens is 6. The number of likely N-dealkylation sites (tertiary alicyclic amines) is 1. The predicted octanol–water partition coefficient (Wildman–Crippen LogP) is 3.24. The first-order chi connectivity index (χ1) is 25.8. The largest absolute Gasteiger partial charge is 0.508 e. The number of carbonyl (C=O) groups excluding carboxylic acids is 1. The van der Waals surface area contributed by atoms with Gasteiger partial charge in [-0.3, -0.25) is 13.9 Å². The van der Waals surface area contributed by atoms with Crippen LogP contribution in [0.25, 0.3) is 11.0 Å². The number of pyridine rings is 1. The van der Waals surface area contributed by atoms with Crippen LogP contribution in [-0.4, -0.2) is 86.6 Å². The van der Waals surface area contributed by atoms with Crippen molar-refractivity contribution in [2.24, 2.45) is 0 Å². The van der Waals surface area contributed by atoms with Gasteiger partial charge in [0.1, 0.15) is 23.9 Å². The quantitative estimate of drug-likeness (QED) is 0.133. The molecular weight excluding hydrogens is 674 g/mol. The van der Waals surface area contributed by atoms with Gasteiger partial charge in [0, 0.05) is 49.9 Å². The number of phenolic OH excluding ortho intramolecular Hbond substituents is 1. The Balaban J connectivity index is 0.818. The van der Waals surface area contributed by atoms with Gasteiger partial charge in [-0.2, -0.15) is 0 Å². The van der Waals surface area contributed by atoms with Gasteiger partial charge in [0.25, 0.3) is 0 Å². The highest BCUT2D eigenvalue weighted by molar-refractivity contribution is 5.78. The van der Waals surface area contributed by atoms with Crippen molar-refractivity contribution in [3.05, 3.63) is 113 Å². The maximum absolute atomic E-state index is 13.5. The number of anilines is 1. The fourth-order valence-corrected chi connectivity index (χ4v) is 8.17. The van der Waals surface area contributed by atoms with Crippen molar-refractivity contribution in [2.45, 2.75) is 88.5 Å². The van der Waals surface area contributed by atoms with E-state index in [2.05, 4.69) is 31.5 Å². The number of aliphatic hydroxyl groups is 2. The number of amides is 1. The highest BCUT2D eigenvalue weighted by Gasteiger charge is 2.42.